The lowest BCUT2D eigenvalue weighted by Gasteiger charge is -2.13. The van der Waals surface area contributed by atoms with Gasteiger partial charge in [-0.3, -0.25) is 25.8 Å². The van der Waals surface area contributed by atoms with Crippen LogP contribution in [0.5, 0.6) is 0 Å². The van der Waals surface area contributed by atoms with Gasteiger partial charge in [-0.15, -0.1) is 0 Å². The van der Waals surface area contributed by atoms with E-state index < -0.39 is 40.2 Å². The summed E-state index contributed by atoms with van der Waals surface area (Å²) in [4.78, 5) is 40.2. The number of rotatable bonds is 6. The molecule has 2 N–H and O–H groups in total. The van der Waals surface area contributed by atoms with Crippen molar-refractivity contribution < 1.29 is 32.4 Å². The summed E-state index contributed by atoms with van der Waals surface area (Å²) < 4.78 is 43.9. The lowest BCUT2D eigenvalue weighted by molar-refractivity contribution is -0.384. The van der Waals surface area contributed by atoms with Crippen LogP contribution >= 0.6 is 0 Å². The number of alkyl halides is 3. The molecule has 0 atom stereocenters. The van der Waals surface area contributed by atoms with Crippen LogP contribution in [-0.2, 0) is 10.9 Å². The van der Waals surface area contributed by atoms with Crippen molar-refractivity contribution in [3.05, 3.63) is 57.4 Å². The van der Waals surface area contributed by atoms with E-state index in [1.54, 1.807) is 0 Å². The van der Waals surface area contributed by atoms with E-state index >= 15 is 0 Å². The number of anilines is 1. The van der Waals surface area contributed by atoms with Gasteiger partial charge in [0.2, 0.25) is 5.95 Å². The van der Waals surface area contributed by atoms with E-state index in [2.05, 4.69) is 20.1 Å². The summed E-state index contributed by atoms with van der Waals surface area (Å²) in [6.07, 6.45) is -4.35. The molecule has 13 heteroatoms. The first-order valence-electron chi connectivity index (χ1n) is 7.55. The van der Waals surface area contributed by atoms with E-state index in [4.69, 9.17) is 0 Å². The second-order valence-electron chi connectivity index (χ2n) is 5.06. The lowest BCUT2D eigenvalue weighted by atomic mass is 10.2. The van der Waals surface area contributed by atoms with E-state index in [1.165, 1.54) is 6.92 Å². The Hall–Kier alpha value is -3.77. The Bertz CT molecular complexity index is 902. The van der Waals surface area contributed by atoms with Crippen molar-refractivity contribution in [2.45, 2.75) is 13.1 Å². The van der Waals surface area contributed by atoms with Crippen molar-refractivity contribution in [1.82, 2.24) is 15.4 Å². The largest absolute Gasteiger partial charge is 0.462 e. The van der Waals surface area contributed by atoms with Crippen molar-refractivity contribution in [2.75, 3.05) is 12.0 Å². The van der Waals surface area contributed by atoms with Crippen LogP contribution in [0, 0.1) is 10.1 Å². The first kappa shape index (κ1) is 20.5. The molecule has 0 saturated carbocycles. The number of hydrazine groups is 1. The zero-order valence-corrected chi connectivity index (χ0v) is 14.1. The minimum atomic E-state index is -4.97. The number of nitro groups is 1. The molecule has 0 radical (unpaired) electrons. The molecular formula is C15H12F3N5O5. The molecule has 0 fully saturated rings. The maximum absolute atomic E-state index is 13.1. The Morgan fingerprint density at radius 2 is 1.89 bits per heavy atom. The minimum Gasteiger partial charge on any atom is -0.462 e. The number of benzene rings is 1. The number of carbonyl (C=O) groups excluding carboxylic acids is 2. The molecule has 1 heterocycles. The number of aromatic nitrogens is 2. The zero-order valence-electron chi connectivity index (χ0n) is 14.1. The van der Waals surface area contributed by atoms with Crippen LogP contribution in [0.1, 0.15) is 33.3 Å². The number of hydrogen-bond donors (Lipinski definition) is 2. The highest BCUT2D eigenvalue weighted by atomic mass is 19.4. The third-order valence-corrected chi connectivity index (χ3v) is 3.18. The second kappa shape index (κ2) is 8.28. The Labute approximate surface area is 154 Å². The SMILES string of the molecule is CCOC(=O)c1cnc(NNC(=O)c2ccc([N+](=O)[O-])cc2)nc1C(F)(F)F. The summed E-state index contributed by atoms with van der Waals surface area (Å²) in [5, 5.41) is 10.6. The van der Waals surface area contributed by atoms with E-state index in [9.17, 15) is 32.9 Å². The van der Waals surface area contributed by atoms with Gasteiger partial charge in [-0.2, -0.15) is 13.2 Å². The van der Waals surface area contributed by atoms with Gasteiger partial charge in [-0.1, -0.05) is 0 Å². The number of nitrogens with zero attached hydrogens (tertiary/aromatic N) is 3. The van der Waals surface area contributed by atoms with Gasteiger partial charge in [-0.25, -0.2) is 14.8 Å². The third kappa shape index (κ3) is 4.90. The van der Waals surface area contributed by atoms with Gasteiger partial charge in [0.15, 0.2) is 5.69 Å². The number of amides is 1. The molecule has 28 heavy (non-hydrogen) atoms. The van der Waals surface area contributed by atoms with Crippen LogP contribution in [-0.4, -0.2) is 33.4 Å². The number of esters is 1. The van der Waals surface area contributed by atoms with E-state index in [-0.39, 0.29) is 17.9 Å². The third-order valence-electron chi connectivity index (χ3n) is 3.18. The monoisotopic (exact) mass is 399 g/mol. The topological polar surface area (TPSA) is 136 Å². The molecule has 0 unspecified atom stereocenters. The smallest absolute Gasteiger partial charge is 0.434 e. The number of hydrogen-bond acceptors (Lipinski definition) is 8. The predicted molar refractivity (Wildman–Crippen MR) is 87.2 cm³/mol. The van der Waals surface area contributed by atoms with Gasteiger partial charge < -0.3 is 4.74 Å². The zero-order chi connectivity index (χ0) is 20.9. The minimum absolute atomic E-state index is 0.00251. The highest BCUT2D eigenvalue weighted by molar-refractivity contribution is 5.95. The summed E-state index contributed by atoms with van der Waals surface area (Å²) in [6.45, 7) is 1.29. The van der Waals surface area contributed by atoms with Crippen LogP contribution in [0.2, 0.25) is 0 Å². The maximum Gasteiger partial charge on any atom is 0.434 e. The van der Waals surface area contributed by atoms with Crippen molar-refractivity contribution >= 4 is 23.5 Å². The first-order valence-corrected chi connectivity index (χ1v) is 7.55. The van der Waals surface area contributed by atoms with Crippen molar-refractivity contribution in [1.29, 1.82) is 0 Å². The summed E-state index contributed by atoms with van der Waals surface area (Å²) >= 11 is 0. The molecule has 2 aromatic rings. The molecule has 10 nitrogen and oxygen atoms in total. The molecule has 148 valence electrons. The molecule has 0 spiro atoms. The molecule has 0 aliphatic rings. The number of ether oxygens (including phenoxy) is 1. The molecular weight excluding hydrogens is 387 g/mol. The normalized spacial score (nSPS) is 10.9. The average molecular weight is 399 g/mol. The van der Waals surface area contributed by atoms with Crippen LogP contribution in [0.3, 0.4) is 0 Å². The van der Waals surface area contributed by atoms with Gasteiger partial charge in [0.05, 0.1) is 11.5 Å². The molecule has 0 aliphatic heterocycles. The molecule has 0 aliphatic carbocycles. The van der Waals surface area contributed by atoms with Gasteiger partial charge in [0, 0.05) is 23.9 Å². The van der Waals surface area contributed by atoms with Crippen LogP contribution < -0.4 is 10.9 Å². The molecule has 2 rings (SSSR count). The average Bonchev–Trinajstić information content (AvgIpc) is 2.65. The number of halogens is 3. The molecule has 0 bridgehead atoms. The van der Waals surface area contributed by atoms with Gasteiger partial charge in [0.1, 0.15) is 5.56 Å². The van der Waals surface area contributed by atoms with Crippen LogP contribution in [0.4, 0.5) is 24.8 Å². The lowest BCUT2D eigenvalue weighted by Crippen LogP contribution is -2.31. The van der Waals surface area contributed by atoms with E-state index in [0.29, 0.717) is 6.20 Å². The summed E-state index contributed by atoms with van der Waals surface area (Å²) in [7, 11) is 0. The van der Waals surface area contributed by atoms with Gasteiger partial charge in [0.25, 0.3) is 11.6 Å². The van der Waals surface area contributed by atoms with Crippen LogP contribution in [0.25, 0.3) is 0 Å². The fourth-order valence-electron chi connectivity index (χ4n) is 1.94. The van der Waals surface area contributed by atoms with Crippen LogP contribution in [0.15, 0.2) is 30.5 Å². The number of carbonyl (C=O) groups is 2. The molecule has 0 saturated heterocycles. The standard InChI is InChI=1S/C15H12F3N5O5/c1-2-28-13(25)10-7-19-14(20-11(10)15(16,17)18)22-21-12(24)8-3-5-9(6-4-8)23(26)27/h3-7H,2H2,1H3,(H,21,24)(H,19,20,22). The quantitative estimate of drug-likeness (QED) is 0.429. The molecule has 1 aromatic heterocycles. The van der Waals surface area contributed by atoms with Crippen molar-refractivity contribution in [2.24, 2.45) is 0 Å². The second-order valence-corrected chi connectivity index (χ2v) is 5.06. The van der Waals surface area contributed by atoms with E-state index in [1.807, 2.05) is 5.43 Å². The molecule has 1 aromatic carbocycles. The fraction of sp³-hybridized carbons (Fsp3) is 0.200. The van der Waals surface area contributed by atoms with Gasteiger partial charge in [-0.05, 0) is 19.1 Å². The highest BCUT2D eigenvalue weighted by Crippen LogP contribution is 2.31. The summed E-state index contributed by atoms with van der Waals surface area (Å²) in [5.41, 5.74) is 1.48. The summed E-state index contributed by atoms with van der Waals surface area (Å²) in [6, 6.07) is 4.48. The Morgan fingerprint density at radius 1 is 1.25 bits per heavy atom. The maximum atomic E-state index is 13.1. The van der Waals surface area contributed by atoms with Crippen molar-refractivity contribution in [3.8, 4) is 0 Å². The fourth-order valence-corrected chi connectivity index (χ4v) is 1.94. The Balaban J connectivity index is 2.16. The number of nitro benzene ring substituents is 1. The Kier molecular flexibility index (Phi) is 6.08. The van der Waals surface area contributed by atoms with Crippen molar-refractivity contribution in [3.63, 3.8) is 0 Å². The first-order chi connectivity index (χ1) is 13.1. The number of nitrogens with one attached hydrogen (secondary N) is 2. The number of non-ortho nitro benzene ring substituents is 1. The van der Waals surface area contributed by atoms with Gasteiger partial charge >= 0.3 is 12.1 Å². The Morgan fingerprint density at radius 3 is 2.43 bits per heavy atom. The predicted octanol–water partition coefficient (Wildman–Crippen LogP) is 2.34. The molecule has 1 amide bonds. The highest BCUT2D eigenvalue weighted by Gasteiger charge is 2.38. The summed E-state index contributed by atoms with van der Waals surface area (Å²) in [5.74, 6) is -2.67. The van der Waals surface area contributed by atoms with E-state index in [0.717, 1.165) is 24.3 Å².